The van der Waals surface area contributed by atoms with E-state index in [-0.39, 0.29) is 12.6 Å². The average molecular weight is 296 g/mol. The van der Waals surface area contributed by atoms with Crippen molar-refractivity contribution in [2.45, 2.75) is 26.1 Å². The first kappa shape index (κ1) is 16.0. The highest BCUT2D eigenvalue weighted by Crippen LogP contribution is 2.16. The molecule has 0 saturated heterocycles. The quantitative estimate of drug-likeness (QED) is 0.824. The van der Waals surface area contributed by atoms with Gasteiger partial charge in [-0.25, -0.2) is 0 Å². The van der Waals surface area contributed by atoms with Gasteiger partial charge in [0.25, 0.3) is 0 Å². The van der Waals surface area contributed by atoms with E-state index in [1.807, 2.05) is 49.4 Å². The minimum atomic E-state index is 0.0679. The van der Waals surface area contributed by atoms with Gasteiger partial charge < -0.3 is 15.2 Å². The molecule has 0 aromatic heterocycles. The van der Waals surface area contributed by atoms with E-state index in [9.17, 15) is 0 Å². The van der Waals surface area contributed by atoms with Crippen molar-refractivity contribution in [3.05, 3.63) is 65.2 Å². The fourth-order valence-electron chi connectivity index (χ4n) is 2.00. The predicted octanol–water partition coefficient (Wildman–Crippen LogP) is 2.61. The number of nitriles is 1. The summed E-state index contributed by atoms with van der Waals surface area (Å²) in [5.74, 6) is 0.790. The van der Waals surface area contributed by atoms with Crippen molar-refractivity contribution < 1.29 is 9.84 Å². The van der Waals surface area contributed by atoms with Gasteiger partial charge in [0.1, 0.15) is 12.4 Å². The van der Waals surface area contributed by atoms with Gasteiger partial charge in [-0.1, -0.05) is 24.3 Å². The molecule has 1 atom stereocenters. The standard InChI is InChI=1S/C18H20N2O2/c1-14(12-21)20-11-16-5-3-7-18(9-16)22-13-17-6-2-4-15(8-17)10-19/h2-9,14,20-21H,11-13H2,1H3/t14-/m1/s1. The summed E-state index contributed by atoms with van der Waals surface area (Å²) in [6.07, 6.45) is 0. The van der Waals surface area contributed by atoms with Gasteiger partial charge in [-0.05, 0) is 42.3 Å². The summed E-state index contributed by atoms with van der Waals surface area (Å²) in [7, 11) is 0. The Morgan fingerprint density at radius 3 is 2.73 bits per heavy atom. The smallest absolute Gasteiger partial charge is 0.120 e. The highest BCUT2D eigenvalue weighted by Gasteiger charge is 2.02. The molecule has 0 aliphatic rings. The first-order valence-corrected chi connectivity index (χ1v) is 7.26. The summed E-state index contributed by atoms with van der Waals surface area (Å²) < 4.78 is 5.78. The van der Waals surface area contributed by atoms with Crippen LogP contribution in [0, 0.1) is 11.3 Å². The summed E-state index contributed by atoms with van der Waals surface area (Å²) >= 11 is 0. The lowest BCUT2D eigenvalue weighted by Gasteiger charge is -2.12. The lowest BCUT2D eigenvalue weighted by Crippen LogP contribution is -2.28. The Labute approximate surface area is 131 Å². The molecule has 2 N–H and O–H groups in total. The summed E-state index contributed by atoms with van der Waals surface area (Å²) in [4.78, 5) is 0. The molecule has 0 amide bonds. The van der Waals surface area contributed by atoms with E-state index in [2.05, 4.69) is 11.4 Å². The second-order valence-electron chi connectivity index (χ2n) is 5.21. The van der Waals surface area contributed by atoms with Crippen LogP contribution in [0.15, 0.2) is 48.5 Å². The fourth-order valence-corrected chi connectivity index (χ4v) is 2.00. The highest BCUT2D eigenvalue weighted by molar-refractivity contribution is 5.33. The molecule has 22 heavy (non-hydrogen) atoms. The third-order valence-corrected chi connectivity index (χ3v) is 3.29. The van der Waals surface area contributed by atoms with E-state index in [4.69, 9.17) is 15.1 Å². The van der Waals surface area contributed by atoms with E-state index in [1.165, 1.54) is 0 Å². The van der Waals surface area contributed by atoms with Crippen LogP contribution in [-0.2, 0) is 13.2 Å². The van der Waals surface area contributed by atoms with E-state index in [0.717, 1.165) is 16.9 Å². The van der Waals surface area contributed by atoms with Gasteiger partial charge in [-0.15, -0.1) is 0 Å². The van der Waals surface area contributed by atoms with Gasteiger partial charge in [-0.3, -0.25) is 0 Å². The number of nitrogens with zero attached hydrogens (tertiary/aromatic N) is 1. The molecule has 0 bridgehead atoms. The Balaban J connectivity index is 1.94. The molecule has 0 fully saturated rings. The molecule has 0 spiro atoms. The molecule has 0 heterocycles. The summed E-state index contributed by atoms with van der Waals surface area (Å²) in [5.41, 5.74) is 2.71. The van der Waals surface area contributed by atoms with Crippen LogP contribution in [0.4, 0.5) is 0 Å². The van der Waals surface area contributed by atoms with Crippen LogP contribution in [0.25, 0.3) is 0 Å². The Hall–Kier alpha value is -2.35. The zero-order valence-corrected chi connectivity index (χ0v) is 12.6. The molecule has 2 rings (SSSR count). The highest BCUT2D eigenvalue weighted by atomic mass is 16.5. The van der Waals surface area contributed by atoms with Gasteiger partial charge in [-0.2, -0.15) is 5.26 Å². The lowest BCUT2D eigenvalue weighted by atomic mass is 10.1. The number of nitrogens with one attached hydrogen (secondary N) is 1. The maximum atomic E-state index is 9.01. The molecule has 0 saturated carbocycles. The van der Waals surface area contributed by atoms with Crippen molar-refractivity contribution in [3.63, 3.8) is 0 Å². The average Bonchev–Trinajstić information content (AvgIpc) is 2.58. The summed E-state index contributed by atoms with van der Waals surface area (Å²) in [6, 6.07) is 17.4. The van der Waals surface area contributed by atoms with E-state index in [0.29, 0.717) is 18.7 Å². The molecular formula is C18H20N2O2. The minimum absolute atomic E-state index is 0.0679. The molecule has 0 radical (unpaired) electrons. The molecule has 2 aromatic carbocycles. The maximum Gasteiger partial charge on any atom is 0.120 e. The van der Waals surface area contributed by atoms with Crippen LogP contribution in [0.3, 0.4) is 0 Å². The van der Waals surface area contributed by atoms with Crippen molar-refractivity contribution in [2.24, 2.45) is 0 Å². The summed E-state index contributed by atoms with van der Waals surface area (Å²) in [6.45, 7) is 3.16. The van der Waals surface area contributed by atoms with Crippen LogP contribution in [0.2, 0.25) is 0 Å². The van der Waals surface area contributed by atoms with Gasteiger partial charge >= 0.3 is 0 Å². The van der Waals surface area contributed by atoms with E-state index in [1.54, 1.807) is 6.07 Å². The Morgan fingerprint density at radius 2 is 1.95 bits per heavy atom. The zero-order chi connectivity index (χ0) is 15.8. The third kappa shape index (κ3) is 4.88. The van der Waals surface area contributed by atoms with Gasteiger partial charge in [0.15, 0.2) is 0 Å². The molecule has 4 nitrogen and oxygen atoms in total. The molecular weight excluding hydrogens is 276 g/mol. The second-order valence-corrected chi connectivity index (χ2v) is 5.21. The minimum Gasteiger partial charge on any atom is -0.489 e. The van der Waals surface area contributed by atoms with Crippen molar-refractivity contribution >= 4 is 0 Å². The largest absolute Gasteiger partial charge is 0.489 e. The van der Waals surface area contributed by atoms with Gasteiger partial charge in [0.2, 0.25) is 0 Å². The number of hydrogen-bond donors (Lipinski definition) is 2. The SMILES string of the molecule is C[C@H](CO)NCc1cccc(OCc2cccc(C#N)c2)c1. The number of aliphatic hydroxyl groups is 1. The lowest BCUT2D eigenvalue weighted by molar-refractivity contribution is 0.251. The monoisotopic (exact) mass is 296 g/mol. The molecule has 0 aliphatic heterocycles. The van der Waals surface area contributed by atoms with E-state index >= 15 is 0 Å². The Bertz CT molecular complexity index is 650. The molecule has 0 unspecified atom stereocenters. The van der Waals surface area contributed by atoms with Crippen LogP contribution in [0.1, 0.15) is 23.6 Å². The van der Waals surface area contributed by atoms with Crippen LogP contribution >= 0.6 is 0 Å². The number of aliphatic hydroxyl groups excluding tert-OH is 1. The van der Waals surface area contributed by atoms with Gasteiger partial charge in [0, 0.05) is 12.6 Å². The van der Waals surface area contributed by atoms with E-state index < -0.39 is 0 Å². The predicted molar refractivity (Wildman–Crippen MR) is 85.3 cm³/mol. The molecule has 2 aromatic rings. The first-order chi connectivity index (χ1) is 10.7. The van der Waals surface area contributed by atoms with Crippen molar-refractivity contribution in [2.75, 3.05) is 6.61 Å². The zero-order valence-electron chi connectivity index (χ0n) is 12.6. The van der Waals surface area contributed by atoms with Crippen molar-refractivity contribution in [1.29, 1.82) is 5.26 Å². The maximum absolute atomic E-state index is 9.01. The van der Waals surface area contributed by atoms with Crippen LogP contribution in [0.5, 0.6) is 5.75 Å². The van der Waals surface area contributed by atoms with Crippen LogP contribution < -0.4 is 10.1 Å². The fraction of sp³-hybridized carbons (Fsp3) is 0.278. The second kappa shape index (κ2) is 8.18. The topological polar surface area (TPSA) is 65.3 Å². The Kier molecular flexibility index (Phi) is 5.96. The molecule has 114 valence electrons. The number of rotatable bonds is 7. The number of ether oxygens (including phenoxy) is 1. The molecule has 4 heteroatoms. The third-order valence-electron chi connectivity index (χ3n) is 3.29. The summed E-state index contributed by atoms with van der Waals surface area (Å²) in [5, 5.41) is 21.1. The van der Waals surface area contributed by atoms with Crippen LogP contribution in [-0.4, -0.2) is 17.8 Å². The Morgan fingerprint density at radius 1 is 1.18 bits per heavy atom. The normalized spacial score (nSPS) is 11.7. The molecule has 0 aliphatic carbocycles. The first-order valence-electron chi connectivity index (χ1n) is 7.26. The van der Waals surface area contributed by atoms with Crippen molar-refractivity contribution in [1.82, 2.24) is 5.32 Å². The number of benzene rings is 2. The number of hydrogen-bond acceptors (Lipinski definition) is 4. The van der Waals surface area contributed by atoms with Crippen molar-refractivity contribution in [3.8, 4) is 11.8 Å². The van der Waals surface area contributed by atoms with Gasteiger partial charge in [0.05, 0.1) is 18.2 Å².